The van der Waals surface area contributed by atoms with E-state index < -0.39 is 0 Å². The molecule has 1 unspecified atom stereocenters. The fourth-order valence-corrected chi connectivity index (χ4v) is 2.66. The summed E-state index contributed by atoms with van der Waals surface area (Å²) in [5.74, 6) is 6.35. The van der Waals surface area contributed by atoms with Crippen molar-refractivity contribution in [1.29, 1.82) is 0 Å². The second-order valence-electron chi connectivity index (χ2n) is 5.05. The molecule has 0 saturated heterocycles. The number of hydrazine groups is 1. The maximum Gasteiger partial charge on any atom is 0.0278 e. The Morgan fingerprint density at radius 3 is 2.00 bits per heavy atom. The molecule has 0 saturated carbocycles. The Bertz CT molecular complexity index is 323. The minimum atomic E-state index is 0.381. The third-order valence-corrected chi connectivity index (χ3v) is 3.57. The molecule has 0 aliphatic heterocycles. The molecule has 17 heavy (non-hydrogen) atoms. The van der Waals surface area contributed by atoms with Crippen LogP contribution in [0.3, 0.4) is 0 Å². The van der Waals surface area contributed by atoms with Crippen LogP contribution < -0.4 is 11.3 Å². The first-order valence-electron chi connectivity index (χ1n) is 6.64. The molecule has 0 aliphatic carbocycles. The Balaban J connectivity index is 2.79. The molecule has 0 heterocycles. The number of nitrogens with two attached hydrogens (primary N) is 1. The maximum absolute atomic E-state index is 5.70. The molecule has 1 aromatic carbocycles. The summed E-state index contributed by atoms with van der Waals surface area (Å²) in [5, 5.41) is 0. The lowest BCUT2D eigenvalue weighted by Crippen LogP contribution is -2.42. The van der Waals surface area contributed by atoms with Crippen molar-refractivity contribution < 1.29 is 0 Å². The fourth-order valence-electron chi connectivity index (χ4n) is 2.66. The van der Waals surface area contributed by atoms with Gasteiger partial charge in [-0.2, -0.15) is 0 Å². The SMILES string of the molecule is CCC(CC)C(Cc1cc(C)cc(C)c1)NN. The van der Waals surface area contributed by atoms with Crippen LogP contribution in [0.2, 0.25) is 0 Å². The molecule has 0 amide bonds. The smallest absolute Gasteiger partial charge is 0.0278 e. The summed E-state index contributed by atoms with van der Waals surface area (Å²) >= 11 is 0. The van der Waals surface area contributed by atoms with Gasteiger partial charge in [0.1, 0.15) is 0 Å². The lowest BCUT2D eigenvalue weighted by Gasteiger charge is -2.24. The molecular formula is C15H26N2. The lowest BCUT2D eigenvalue weighted by molar-refractivity contribution is 0.335. The van der Waals surface area contributed by atoms with Gasteiger partial charge in [0.15, 0.2) is 0 Å². The van der Waals surface area contributed by atoms with Crippen LogP contribution in [-0.4, -0.2) is 6.04 Å². The van der Waals surface area contributed by atoms with Crippen molar-refractivity contribution in [3.8, 4) is 0 Å². The van der Waals surface area contributed by atoms with Crippen LogP contribution in [0.5, 0.6) is 0 Å². The molecular weight excluding hydrogens is 208 g/mol. The quantitative estimate of drug-likeness (QED) is 0.586. The van der Waals surface area contributed by atoms with Crippen molar-refractivity contribution >= 4 is 0 Å². The Morgan fingerprint density at radius 1 is 1.06 bits per heavy atom. The van der Waals surface area contributed by atoms with E-state index in [1.165, 1.54) is 29.5 Å². The van der Waals surface area contributed by atoms with Crippen molar-refractivity contribution in [2.75, 3.05) is 0 Å². The van der Waals surface area contributed by atoms with Crippen LogP contribution in [0.1, 0.15) is 43.4 Å². The second kappa shape index (κ2) is 6.77. The van der Waals surface area contributed by atoms with Crippen molar-refractivity contribution in [2.24, 2.45) is 11.8 Å². The predicted octanol–water partition coefficient (Wildman–Crippen LogP) is 3.11. The molecule has 0 bridgehead atoms. The highest BCUT2D eigenvalue weighted by Gasteiger charge is 2.17. The highest BCUT2D eigenvalue weighted by molar-refractivity contribution is 5.29. The van der Waals surface area contributed by atoms with E-state index in [9.17, 15) is 0 Å². The summed E-state index contributed by atoms with van der Waals surface area (Å²) < 4.78 is 0. The zero-order valence-corrected chi connectivity index (χ0v) is 11.6. The van der Waals surface area contributed by atoms with Crippen molar-refractivity contribution in [3.63, 3.8) is 0 Å². The molecule has 0 aliphatic rings. The zero-order chi connectivity index (χ0) is 12.8. The average Bonchev–Trinajstić information content (AvgIpc) is 2.27. The summed E-state index contributed by atoms with van der Waals surface area (Å²) in [6.07, 6.45) is 3.37. The summed E-state index contributed by atoms with van der Waals surface area (Å²) in [4.78, 5) is 0. The molecule has 1 aromatic rings. The van der Waals surface area contributed by atoms with Crippen LogP contribution in [0.4, 0.5) is 0 Å². The molecule has 0 aromatic heterocycles. The van der Waals surface area contributed by atoms with Crippen LogP contribution >= 0.6 is 0 Å². The molecule has 2 heteroatoms. The van der Waals surface area contributed by atoms with Crippen molar-refractivity contribution in [3.05, 3.63) is 34.9 Å². The maximum atomic E-state index is 5.70. The second-order valence-corrected chi connectivity index (χ2v) is 5.05. The molecule has 0 spiro atoms. The largest absolute Gasteiger partial charge is 0.271 e. The van der Waals surface area contributed by atoms with Gasteiger partial charge in [0.2, 0.25) is 0 Å². The van der Waals surface area contributed by atoms with Gasteiger partial charge < -0.3 is 0 Å². The van der Waals surface area contributed by atoms with Gasteiger partial charge in [-0.1, -0.05) is 56.0 Å². The van der Waals surface area contributed by atoms with Gasteiger partial charge in [-0.15, -0.1) is 0 Å². The van der Waals surface area contributed by atoms with E-state index in [-0.39, 0.29) is 0 Å². The molecule has 96 valence electrons. The summed E-state index contributed by atoms with van der Waals surface area (Å²) in [6.45, 7) is 8.77. The van der Waals surface area contributed by atoms with Crippen molar-refractivity contribution in [2.45, 2.75) is 53.0 Å². The molecule has 3 N–H and O–H groups in total. The molecule has 1 rings (SSSR count). The first kappa shape index (κ1) is 14.2. The van der Waals surface area contributed by atoms with Crippen LogP contribution in [0.15, 0.2) is 18.2 Å². The summed E-state index contributed by atoms with van der Waals surface area (Å²) in [6, 6.07) is 7.12. The highest BCUT2D eigenvalue weighted by atomic mass is 15.2. The molecule has 2 nitrogen and oxygen atoms in total. The molecule has 0 radical (unpaired) electrons. The lowest BCUT2D eigenvalue weighted by atomic mass is 9.89. The predicted molar refractivity (Wildman–Crippen MR) is 74.8 cm³/mol. The number of benzene rings is 1. The average molecular weight is 234 g/mol. The minimum Gasteiger partial charge on any atom is -0.271 e. The van der Waals surface area contributed by atoms with E-state index in [1.54, 1.807) is 0 Å². The summed E-state index contributed by atoms with van der Waals surface area (Å²) in [7, 11) is 0. The van der Waals surface area contributed by atoms with Crippen LogP contribution in [0, 0.1) is 19.8 Å². The fraction of sp³-hybridized carbons (Fsp3) is 0.600. The van der Waals surface area contributed by atoms with E-state index in [0.717, 1.165) is 6.42 Å². The van der Waals surface area contributed by atoms with Crippen LogP contribution in [0.25, 0.3) is 0 Å². The van der Waals surface area contributed by atoms with Gasteiger partial charge in [-0.25, -0.2) is 0 Å². The number of aryl methyl sites for hydroxylation is 2. The first-order chi connectivity index (χ1) is 8.10. The van der Waals surface area contributed by atoms with Crippen molar-refractivity contribution in [1.82, 2.24) is 5.43 Å². The topological polar surface area (TPSA) is 38.0 Å². The van der Waals surface area contributed by atoms with Gasteiger partial charge in [0, 0.05) is 6.04 Å². The Hall–Kier alpha value is -0.860. The molecule has 0 fully saturated rings. The number of hydrogen-bond donors (Lipinski definition) is 2. The van der Waals surface area contributed by atoms with E-state index in [4.69, 9.17) is 5.84 Å². The number of rotatable bonds is 6. The number of hydrogen-bond acceptors (Lipinski definition) is 2. The van der Waals surface area contributed by atoms with Gasteiger partial charge >= 0.3 is 0 Å². The zero-order valence-electron chi connectivity index (χ0n) is 11.6. The van der Waals surface area contributed by atoms with Crippen LogP contribution in [-0.2, 0) is 6.42 Å². The Morgan fingerprint density at radius 2 is 1.59 bits per heavy atom. The normalized spacial score (nSPS) is 13.1. The minimum absolute atomic E-state index is 0.381. The Labute approximate surface area is 106 Å². The van der Waals surface area contributed by atoms with E-state index in [2.05, 4.69) is 51.3 Å². The van der Waals surface area contributed by atoms with E-state index in [1.807, 2.05) is 0 Å². The van der Waals surface area contributed by atoms with E-state index >= 15 is 0 Å². The van der Waals surface area contributed by atoms with Gasteiger partial charge in [0.25, 0.3) is 0 Å². The Kier molecular flexibility index (Phi) is 5.66. The van der Waals surface area contributed by atoms with Gasteiger partial charge in [-0.05, 0) is 31.7 Å². The third-order valence-electron chi connectivity index (χ3n) is 3.57. The van der Waals surface area contributed by atoms with Gasteiger partial charge in [0.05, 0.1) is 0 Å². The van der Waals surface area contributed by atoms with Gasteiger partial charge in [-0.3, -0.25) is 11.3 Å². The van der Waals surface area contributed by atoms with E-state index in [0.29, 0.717) is 12.0 Å². The first-order valence-corrected chi connectivity index (χ1v) is 6.64. The highest BCUT2D eigenvalue weighted by Crippen LogP contribution is 2.18. The third kappa shape index (κ3) is 4.14. The monoisotopic (exact) mass is 234 g/mol. The standard InChI is InChI=1S/C15H26N2/c1-5-14(6-2)15(17-16)10-13-8-11(3)7-12(4)9-13/h7-9,14-15,17H,5-6,10,16H2,1-4H3. The molecule has 1 atom stereocenters. The summed E-state index contributed by atoms with van der Waals surface area (Å²) in [5.41, 5.74) is 7.05. The number of nitrogens with one attached hydrogen (secondary N) is 1.